The van der Waals surface area contributed by atoms with Crippen molar-refractivity contribution in [2.75, 3.05) is 24.5 Å². The van der Waals surface area contributed by atoms with E-state index in [1.807, 2.05) is 42.7 Å². The molecule has 6 nitrogen and oxygen atoms in total. The summed E-state index contributed by atoms with van der Waals surface area (Å²) in [5.74, 6) is -0.457. The van der Waals surface area contributed by atoms with Gasteiger partial charge in [0.15, 0.2) is 0 Å². The minimum absolute atomic E-state index is 0.107. The van der Waals surface area contributed by atoms with Crippen LogP contribution in [0.15, 0.2) is 60.9 Å². The van der Waals surface area contributed by atoms with Crippen molar-refractivity contribution in [2.45, 2.75) is 38.1 Å². The van der Waals surface area contributed by atoms with E-state index in [-0.39, 0.29) is 22.5 Å². The number of amides is 2. The minimum atomic E-state index is -0.514. The summed E-state index contributed by atoms with van der Waals surface area (Å²) < 4.78 is 13.6. The summed E-state index contributed by atoms with van der Waals surface area (Å²) in [5.41, 5.74) is 3.93. The van der Waals surface area contributed by atoms with Crippen LogP contribution in [0.3, 0.4) is 0 Å². The van der Waals surface area contributed by atoms with Crippen molar-refractivity contribution < 1.29 is 14.0 Å². The number of anilines is 1. The molecule has 2 N–H and O–H groups in total. The van der Waals surface area contributed by atoms with E-state index in [2.05, 4.69) is 20.5 Å². The zero-order valence-corrected chi connectivity index (χ0v) is 21.3. The Kier molecular flexibility index (Phi) is 7.70. The van der Waals surface area contributed by atoms with Gasteiger partial charge in [-0.1, -0.05) is 17.7 Å². The smallest absolute Gasteiger partial charge is 0.253 e. The molecule has 1 atom stereocenters. The number of halogens is 2. The molecule has 1 aliphatic carbocycles. The second-order valence-corrected chi connectivity index (χ2v) is 10.2. The second kappa shape index (κ2) is 11.3. The van der Waals surface area contributed by atoms with Crippen molar-refractivity contribution in [1.82, 2.24) is 15.6 Å². The third-order valence-corrected chi connectivity index (χ3v) is 7.77. The van der Waals surface area contributed by atoms with Gasteiger partial charge in [-0.05, 0) is 91.6 Å². The molecule has 1 aliphatic heterocycles. The Labute approximate surface area is 221 Å². The Morgan fingerprint density at radius 3 is 2.57 bits per heavy atom. The van der Waals surface area contributed by atoms with E-state index < -0.39 is 11.7 Å². The Bertz CT molecular complexity index is 1280. The van der Waals surface area contributed by atoms with Gasteiger partial charge in [-0.15, -0.1) is 0 Å². The normalized spacial score (nSPS) is 17.4. The second-order valence-electron chi connectivity index (χ2n) is 9.78. The minimum Gasteiger partial charge on any atom is -0.371 e. The number of hydrogen-bond acceptors (Lipinski definition) is 4. The number of piperidine rings is 1. The fraction of sp³-hybridized carbons (Fsp3) is 0.345. The number of carbonyl (C=O) groups excluding carboxylic acids is 2. The summed E-state index contributed by atoms with van der Waals surface area (Å²) in [6.07, 6.45) is 8.34. The zero-order chi connectivity index (χ0) is 25.8. The van der Waals surface area contributed by atoms with Gasteiger partial charge >= 0.3 is 0 Å². The summed E-state index contributed by atoms with van der Waals surface area (Å²) in [4.78, 5) is 32.1. The summed E-state index contributed by atoms with van der Waals surface area (Å²) in [5, 5.41) is 6.23. The van der Waals surface area contributed by atoms with E-state index in [0.717, 1.165) is 62.4 Å². The Hall–Kier alpha value is -3.45. The highest BCUT2D eigenvalue weighted by Crippen LogP contribution is 2.33. The molecule has 2 heterocycles. The van der Waals surface area contributed by atoms with Gasteiger partial charge in [0, 0.05) is 43.3 Å². The third kappa shape index (κ3) is 5.93. The lowest BCUT2D eigenvalue weighted by molar-refractivity contribution is 0.0934. The van der Waals surface area contributed by atoms with E-state index >= 15 is 0 Å². The highest BCUT2D eigenvalue weighted by atomic mass is 35.5. The summed E-state index contributed by atoms with van der Waals surface area (Å²) in [6, 6.07) is 13.2. The molecule has 37 heavy (non-hydrogen) atoms. The monoisotopic (exact) mass is 520 g/mol. The number of nitrogens with one attached hydrogen (secondary N) is 2. The number of aryl methyl sites for hydroxylation is 1. The van der Waals surface area contributed by atoms with Gasteiger partial charge in [0.25, 0.3) is 11.8 Å². The fourth-order valence-electron chi connectivity index (χ4n) is 5.33. The molecule has 192 valence electrons. The van der Waals surface area contributed by atoms with E-state index in [4.69, 9.17) is 11.6 Å². The molecule has 2 amide bonds. The molecule has 5 rings (SSSR count). The van der Waals surface area contributed by atoms with E-state index in [0.29, 0.717) is 18.0 Å². The highest BCUT2D eigenvalue weighted by molar-refractivity contribution is 6.33. The van der Waals surface area contributed by atoms with Crippen LogP contribution in [0.2, 0.25) is 5.02 Å². The van der Waals surface area contributed by atoms with Crippen LogP contribution in [0.25, 0.3) is 0 Å². The van der Waals surface area contributed by atoms with Gasteiger partial charge in [-0.3, -0.25) is 14.6 Å². The van der Waals surface area contributed by atoms with Gasteiger partial charge in [0.2, 0.25) is 0 Å². The van der Waals surface area contributed by atoms with Crippen LogP contribution in [0.1, 0.15) is 63.6 Å². The summed E-state index contributed by atoms with van der Waals surface area (Å²) >= 11 is 6.10. The average molecular weight is 521 g/mol. The maximum atomic E-state index is 13.6. The molecule has 3 aromatic rings. The predicted molar refractivity (Wildman–Crippen MR) is 143 cm³/mol. The molecule has 0 spiro atoms. The quantitative estimate of drug-likeness (QED) is 0.442. The van der Waals surface area contributed by atoms with Crippen LogP contribution in [0, 0.1) is 11.7 Å². The number of rotatable bonds is 7. The molecule has 1 fully saturated rings. The lowest BCUT2D eigenvalue weighted by Gasteiger charge is -2.33. The highest BCUT2D eigenvalue weighted by Gasteiger charge is 2.26. The van der Waals surface area contributed by atoms with Crippen LogP contribution in [0.4, 0.5) is 10.1 Å². The first-order chi connectivity index (χ1) is 18.0. The lowest BCUT2D eigenvalue weighted by Crippen LogP contribution is -2.35. The van der Waals surface area contributed by atoms with E-state index in [9.17, 15) is 14.0 Å². The standard InChI is InChI=1S/C29H30ClFN4O2/c30-26-5-4-22(31)18-25(26)29(37)34-27-6-3-20-1-2-21(17-24(20)27)28(36)33-14-7-19-10-15-35(16-11-19)23-8-12-32-13-9-23/h1-2,4-5,8-9,12-13,17-19,27H,3,6-7,10-11,14-16H2,(H,33,36)(H,34,37). The van der Waals surface area contributed by atoms with Gasteiger partial charge in [-0.25, -0.2) is 4.39 Å². The first-order valence-electron chi connectivity index (χ1n) is 12.8. The van der Waals surface area contributed by atoms with Gasteiger partial charge in [-0.2, -0.15) is 0 Å². The molecule has 8 heteroatoms. The van der Waals surface area contributed by atoms with Gasteiger partial charge in [0.05, 0.1) is 16.6 Å². The van der Waals surface area contributed by atoms with Crippen LogP contribution in [0.5, 0.6) is 0 Å². The molecule has 0 saturated carbocycles. The van der Waals surface area contributed by atoms with Crippen molar-refractivity contribution in [3.63, 3.8) is 0 Å². The first kappa shape index (κ1) is 25.2. The average Bonchev–Trinajstić information content (AvgIpc) is 3.32. The largest absolute Gasteiger partial charge is 0.371 e. The molecular weight excluding hydrogens is 491 g/mol. The van der Waals surface area contributed by atoms with E-state index in [1.165, 1.54) is 17.8 Å². The van der Waals surface area contributed by atoms with Crippen molar-refractivity contribution in [2.24, 2.45) is 5.92 Å². The topological polar surface area (TPSA) is 74.3 Å². The van der Waals surface area contributed by atoms with Crippen molar-refractivity contribution in [1.29, 1.82) is 0 Å². The molecule has 1 saturated heterocycles. The molecule has 2 aliphatic rings. The Balaban J connectivity index is 1.13. The first-order valence-corrected chi connectivity index (χ1v) is 13.2. The number of aromatic nitrogens is 1. The van der Waals surface area contributed by atoms with Crippen molar-refractivity contribution in [3.05, 3.63) is 94.0 Å². The number of pyridine rings is 1. The number of benzene rings is 2. The molecule has 1 unspecified atom stereocenters. The van der Waals surface area contributed by atoms with Gasteiger partial charge in [0.1, 0.15) is 5.82 Å². The fourth-order valence-corrected chi connectivity index (χ4v) is 5.53. The molecule has 0 bridgehead atoms. The SMILES string of the molecule is O=C(NCCC1CCN(c2ccncc2)CC1)c1ccc2c(c1)C(NC(=O)c1cc(F)ccc1Cl)CC2. The zero-order valence-electron chi connectivity index (χ0n) is 20.6. The molecular formula is C29H30ClFN4O2. The Morgan fingerprint density at radius 2 is 1.78 bits per heavy atom. The van der Waals surface area contributed by atoms with Crippen LogP contribution in [-0.2, 0) is 6.42 Å². The third-order valence-electron chi connectivity index (χ3n) is 7.44. The van der Waals surface area contributed by atoms with Gasteiger partial charge < -0.3 is 15.5 Å². The summed E-state index contributed by atoms with van der Waals surface area (Å²) in [6.45, 7) is 2.66. The predicted octanol–water partition coefficient (Wildman–Crippen LogP) is 5.33. The molecule has 1 aromatic heterocycles. The summed E-state index contributed by atoms with van der Waals surface area (Å²) in [7, 11) is 0. The van der Waals surface area contributed by atoms with Crippen LogP contribution < -0.4 is 15.5 Å². The number of nitrogens with zero attached hydrogens (tertiary/aromatic N) is 2. The van der Waals surface area contributed by atoms with Crippen LogP contribution in [-0.4, -0.2) is 36.4 Å². The molecule has 2 aromatic carbocycles. The van der Waals surface area contributed by atoms with Crippen molar-refractivity contribution >= 4 is 29.1 Å². The maximum absolute atomic E-state index is 13.6. The van der Waals surface area contributed by atoms with E-state index in [1.54, 1.807) is 0 Å². The lowest BCUT2D eigenvalue weighted by atomic mass is 9.93. The molecule has 0 radical (unpaired) electrons. The number of carbonyl (C=O) groups is 2. The maximum Gasteiger partial charge on any atom is 0.253 e. The van der Waals surface area contributed by atoms with Crippen molar-refractivity contribution in [3.8, 4) is 0 Å². The Morgan fingerprint density at radius 1 is 1.00 bits per heavy atom. The van der Waals surface area contributed by atoms with Crippen LogP contribution >= 0.6 is 11.6 Å². The number of fused-ring (bicyclic) bond motifs is 1. The number of hydrogen-bond donors (Lipinski definition) is 2.